The van der Waals surface area contributed by atoms with Gasteiger partial charge in [0, 0.05) is 0 Å². The number of nitrogens with two attached hydrogens (primary N) is 1. The van der Waals surface area contributed by atoms with Crippen LogP contribution in [0.15, 0.2) is 0 Å². The van der Waals surface area contributed by atoms with Crippen molar-refractivity contribution >= 4 is 29.7 Å². The Morgan fingerprint density at radius 2 is 2.06 bits per heavy atom. The van der Waals surface area contributed by atoms with Gasteiger partial charge in [-0.25, -0.2) is 4.79 Å². The Morgan fingerprint density at radius 1 is 1.39 bits per heavy atom. The fourth-order valence-electron chi connectivity index (χ4n) is 0.943. The van der Waals surface area contributed by atoms with Crippen molar-refractivity contribution in [3.8, 4) is 0 Å². The SMILES string of the molecule is CCOC(=O)C(N)CCSCC(=O)NC(=O)OC. The van der Waals surface area contributed by atoms with Gasteiger partial charge in [0.25, 0.3) is 0 Å². The standard InChI is InChI=1S/C10H18N2O5S/c1-3-17-9(14)7(11)4-5-18-6-8(13)12-10(15)16-2/h7H,3-6,11H2,1-2H3,(H,12,13,15). The summed E-state index contributed by atoms with van der Waals surface area (Å²) in [7, 11) is 1.17. The van der Waals surface area contributed by atoms with E-state index in [1.807, 2.05) is 5.32 Å². The van der Waals surface area contributed by atoms with Crippen molar-refractivity contribution in [3.05, 3.63) is 0 Å². The Bertz CT molecular complexity index is 298. The first kappa shape index (κ1) is 16.7. The molecule has 0 aromatic heterocycles. The molecule has 0 spiro atoms. The van der Waals surface area contributed by atoms with Crippen LogP contribution in [0.5, 0.6) is 0 Å². The molecule has 7 nitrogen and oxygen atoms in total. The van der Waals surface area contributed by atoms with Gasteiger partial charge in [-0.1, -0.05) is 0 Å². The van der Waals surface area contributed by atoms with Crippen molar-refractivity contribution in [1.29, 1.82) is 0 Å². The van der Waals surface area contributed by atoms with E-state index in [0.29, 0.717) is 18.8 Å². The van der Waals surface area contributed by atoms with E-state index in [2.05, 4.69) is 4.74 Å². The largest absolute Gasteiger partial charge is 0.465 e. The summed E-state index contributed by atoms with van der Waals surface area (Å²) in [5, 5.41) is 2.02. The van der Waals surface area contributed by atoms with Gasteiger partial charge in [0.2, 0.25) is 5.91 Å². The average Bonchev–Trinajstić information content (AvgIpc) is 2.34. The zero-order valence-electron chi connectivity index (χ0n) is 10.4. The summed E-state index contributed by atoms with van der Waals surface area (Å²) in [5.41, 5.74) is 5.56. The lowest BCUT2D eigenvalue weighted by atomic mass is 10.2. The predicted octanol–water partition coefficient (Wildman–Crippen LogP) is -0.117. The minimum Gasteiger partial charge on any atom is -0.465 e. The van der Waals surface area contributed by atoms with Crippen LogP contribution in [0.25, 0.3) is 0 Å². The first-order chi connectivity index (χ1) is 8.51. The number of hydrogen-bond acceptors (Lipinski definition) is 7. The predicted molar refractivity (Wildman–Crippen MR) is 67.1 cm³/mol. The number of nitrogens with one attached hydrogen (secondary N) is 1. The number of carbonyl (C=O) groups excluding carboxylic acids is 3. The molecule has 0 saturated heterocycles. The Balaban J connectivity index is 3.64. The van der Waals surface area contributed by atoms with Crippen LogP contribution in [0.3, 0.4) is 0 Å². The molecule has 8 heteroatoms. The fraction of sp³-hybridized carbons (Fsp3) is 0.700. The van der Waals surface area contributed by atoms with Crippen LogP contribution in [0, 0.1) is 0 Å². The van der Waals surface area contributed by atoms with Crippen molar-refractivity contribution in [2.75, 3.05) is 25.2 Å². The van der Waals surface area contributed by atoms with E-state index in [1.165, 1.54) is 18.9 Å². The topological polar surface area (TPSA) is 108 Å². The molecule has 0 bridgehead atoms. The zero-order valence-corrected chi connectivity index (χ0v) is 11.2. The van der Waals surface area contributed by atoms with Crippen LogP contribution in [-0.2, 0) is 19.1 Å². The van der Waals surface area contributed by atoms with Gasteiger partial charge in [0.15, 0.2) is 0 Å². The number of thioether (sulfide) groups is 1. The third-order valence-electron chi connectivity index (χ3n) is 1.82. The van der Waals surface area contributed by atoms with Gasteiger partial charge in [-0.2, -0.15) is 11.8 Å². The first-order valence-corrected chi connectivity index (χ1v) is 6.54. The lowest BCUT2D eigenvalue weighted by Gasteiger charge is -2.09. The first-order valence-electron chi connectivity index (χ1n) is 5.39. The van der Waals surface area contributed by atoms with Crippen LogP contribution < -0.4 is 11.1 Å². The minimum absolute atomic E-state index is 0.102. The van der Waals surface area contributed by atoms with E-state index < -0.39 is 24.0 Å². The summed E-state index contributed by atoms with van der Waals surface area (Å²) in [4.78, 5) is 33.0. The van der Waals surface area contributed by atoms with Crippen molar-refractivity contribution in [1.82, 2.24) is 5.32 Å². The van der Waals surface area contributed by atoms with Gasteiger partial charge in [0.1, 0.15) is 6.04 Å². The van der Waals surface area contributed by atoms with E-state index >= 15 is 0 Å². The van der Waals surface area contributed by atoms with E-state index in [4.69, 9.17) is 10.5 Å². The van der Waals surface area contributed by atoms with Crippen LogP contribution in [0.2, 0.25) is 0 Å². The van der Waals surface area contributed by atoms with E-state index in [-0.39, 0.29) is 5.75 Å². The maximum Gasteiger partial charge on any atom is 0.413 e. The van der Waals surface area contributed by atoms with Gasteiger partial charge in [-0.3, -0.25) is 14.9 Å². The minimum atomic E-state index is -0.788. The maximum atomic E-state index is 11.2. The molecule has 0 aliphatic carbocycles. The third-order valence-corrected chi connectivity index (χ3v) is 2.81. The second kappa shape index (κ2) is 9.72. The summed E-state index contributed by atoms with van der Waals surface area (Å²) in [6, 6.07) is -0.680. The van der Waals surface area contributed by atoms with Gasteiger partial charge in [-0.05, 0) is 19.1 Å². The fourth-order valence-corrected chi connectivity index (χ4v) is 1.77. The molecule has 3 N–H and O–H groups in total. The molecule has 0 heterocycles. The Hall–Kier alpha value is -1.28. The highest BCUT2D eigenvalue weighted by molar-refractivity contribution is 7.99. The van der Waals surface area contributed by atoms with Gasteiger partial charge in [0.05, 0.1) is 19.5 Å². The van der Waals surface area contributed by atoms with E-state index in [1.54, 1.807) is 6.92 Å². The summed E-state index contributed by atoms with van der Waals surface area (Å²) in [6.45, 7) is 2.00. The van der Waals surface area contributed by atoms with Crippen molar-refractivity contribution < 1.29 is 23.9 Å². The summed E-state index contributed by atoms with van der Waals surface area (Å²) < 4.78 is 9.00. The van der Waals surface area contributed by atoms with Crippen molar-refractivity contribution in [2.24, 2.45) is 5.73 Å². The molecule has 1 atom stereocenters. The summed E-state index contributed by atoms with van der Waals surface area (Å²) in [6.07, 6.45) is -0.376. The van der Waals surface area contributed by atoms with Crippen molar-refractivity contribution in [3.63, 3.8) is 0 Å². The Kier molecular flexibility index (Phi) is 9.03. The van der Waals surface area contributed by atoms with Crippen LogP contribution in [0.1, 0.15) is 13.3 Å². The highest BCUT2D eigenvalue weighted by atomic mass is 32.2. The molecule has 0 rings (SSSR count). The molecule has 0 radical (unpaired) electrons. The third kappa shape index (κ3) is 7.91. The molecule has 1 unspecified atom stereocenters. The summed E-state index contributed by atoms with van der Waals surface area (Å²) in [5.74, 6) is -0.271. The number of esters is 1. The van der Waals surface area contributed by atoms with Gasteiger partial charge >= 0.3 is 12.1 Å². The second-order valence-corrected chi connectivity index (χ2v) is 4.34. The molecule has 0 saturated carbocycles. The maximum absolute atomic E-state index is 11.2. The number of imide groups is 1. The number of rotatable bonds is 7. The van der Waals surface area contributed by atoms with Gasteiger partial charge < -0.3 is 15.2 Å². The molecule has 0 aliphatic rings. The van der Waals surface area contributed by atoms with Crippen molar-refractivity contribution in [2.45, 2.75) is 19.4 Å². The zero-order chi connectivity index (χ0) is 14.0. The lowest BCUT2D eigenvalue weighted by Crippen LogP contribution is -2.33. The molecule has 0 aliphatic heterocycles. The summed E-state index contributed by atoms with van der Waals surface area (Å²) >= 11 is 1.27. The molecule has 0 aromatic rings. The normalized spacial score (nSPS) is 11.5. The molecule has 0 aromatic carbocycles. The van der Waals surface area contributed by atoms with Crippen LogP contribution in [0.4, 0.5) is 4.79 Å². The number of amides is 2. The van der Waals surface area contributed by atoms with E-state index in [0.717, 1.165) is 0 Å². The number of alkyl carbamates (subject to hydrolysis) is 1. The number of ether oxygens (including phenoxy) is 2. The monoisotopic (exact) mass is 278 g/mol. The molecule has 2 amide bonds. The molecule has 18 heavy (non-hydrogen) atoms. The number of carbonyl (C=O) groups is 3. The highest BCUT2D eigenvalue weighted by Gasteiger charge is 2.14. The smallest absolute Gasteiger partial charge is 0.413 e. The van der Waals surface area contributed by atoms with Crippen LogP contribution in [-0.4, -0.2) is 49.2 Å². The van der Waals surface area contributed by atoms with Crippen LogP contribution >= 0.6 is 11.8 Å². The molecule has 0 fully saturated rings. The Labute approximate surface area is 110 Å². The number of hydrogen-bond donors (Lipinski definition) is 2. The van der Waals surface area contributed by atoms with Gasteiger partial charge in [-0.15, -0.1) is 0 Å². The molecule has 104 valence electrons. The molecular formula is C10H18N2O5S. The quantitative estimate of drug-likeness (QED) is 0.494. The average molecular weight is 278 g/mol. The van der Waals surface area contributed by atoms with E-state index in [9.17, 15) is 14.4 Å². The number of methoxy groups -OCH3 is 1. The Morgan fingerprint density at radius 3 is 2.61 bits per heavy atom. The molecular weight excluding hydrogens is 260 g/mol. The lowest BCUT2D eigenvalue weighted by molar-refractivity contribution is -0.144. The highest BCUT2D eigenvalue weighted by Crippen LogP contribution is 2.04. The second-order valence-electron chi connectivity index (χ2n) is 3.24.